The van der Waals surface area contributed by atoms with E-state index < -0.39 is 17.9 Å². The van der Waals surface area contributed by atoms with Crippen LogP contribution >= 0.6 is 0 Å². The molecule has 148 valence electrons. The predicted molar refractivity (Wildman–Crippen MR) is 101 cm³/mol. The lowest BCUT2D eigenvalue weighted by Crippen LogP contribution is -2.49. The molecule has 1 aliphatic heterocycles. The van der Waals surface area contributed by atoms with E-state index in [1.807, 2.05) is 32.0 Å². The van der Waals surface area contributed by atoms with Crippen molar-refractivity contribution in [3.63, 3.8) is 0 Å². The third-order valence-electron chi connectivity index (χ3n) is 4.51. The van der Waals surface area contributed by atoms with Gasteiger partial charge in [0.15, 0.2) is 0 Å². The molecular formula is C19H28N4O4. The average molecular weight is 376 g/mol. The van der Waals surface area contributed by atoms with Gasteiger partial charge < -0.3 is 20.2 Å². The maximum atomic E-state index is 12.3. The highest BCUT2D eigenvalue weighted by molar-refractivity contribution is 5.87. The molecule has 8 heteroatoms. The third kappa shape index (κ3) is 6.54. The van der Waals surface area contributed by atoms with E-state index in [1.165, 1.54) is 0 Å². The van der Waals surface area contributed by atoms with E-state index in [1.54, 1.807) is 11.1 Å². The Labute approximate surface area is 159 Å². The zero-order chi connectivity index (χ0) is 19.8. The van der Waals surface area contributed by atoms with Gasteiger partial charge in [0, 0.05) is 45.2 Å². The molecule has 27 heavy (non-hydrogen) atoms. The number of carboxylic acids is 1. The van der Waals surface area contributed by atoms with Gasteiger partial charge in [-0.05, 0) is 24.5 Å². The number of pyridine rings is 1. The number of nitrogens with one attached hydrogen (secondary N) is 1. The van der Waals surface area contributed by atoms with Crippen LogP contribution in [0.1, 0.15) is 33.1 Å². The van der Waals surface area contributed by atoms with Crippen LogP contribution in [0.15, 0.2) is 24.4 Å². The number of carboxylic acid groups (broad SMARTS) is 1. The van der Waals surface area contributed by atoms with Crippen molar-refractivity contribution in [2.24, 2.45) is 5.92 Å². The molecule has 0 radical (unpaired) electrons. The normalized spacial score (nSPS) is 15.5. The van der Waals surface area contributed by atoms with Crippen molar-refractivity contribution >= 4 is 23.6 Å². The number of anilines is 1. The summed E-state index contributed by atoms with van der Waals surface area (Å²) < 4.78 is 0. The molecule has 0 aliphatic carbocycles. The van der Waals surface area contributed by atoms with Crippen LogP contribution in [-0.4, -0.2) is 65.0 Å². The van der Waals surface area contributed by atoms with Crippen molar-refractivity contribution in [1.29, 1.82) is 0 Å². The lowest BCUT2D eigenvalue weighted by atomic mass is 10.0. The molecule has 1 aliphatic rings. The zero-order valence-electron chi connectivity index (χ0n) is 15.9. The molecule has 8 nitrogen and oxygen atoms in total. The standard InChI is InChI=1S/C19H28N4O4/c1-14(2)13-15(19(26)27)21-17(24)6-7-18(25)23-11-9-22(10-12-23)16-5-3-4-8-20-16/h3-5,8,14-15H,6-7,9-13H2,1-2H3,(H,21,24)(H,26,27)/t15-/m0/s1. The summed E-state index contributed by atoms with van der Waals surface area (Å²) in [7, 11) is 0. The van der Waals surface area contributed by atoms with E-state index in [9.17, 15) is 19.5 Å². The second-order valence-corrected chi connectivity index (χ2v) is 7.14. The number of rotatable bonds is 8. The number of aliphatic carboxylic acids is 1. The first-order chi connectivity index (χ1) is 12.9. The Hall–Kier alpha value is -2.64. The Bertz CT molecular complexity index is 642. The van der Waals surface area contributed by atoms with Gasteiger partial charge in [-0.25, -0.2) is 9.78 Å². The van der Waals surface area contributed by atoms with Gasteiger partial charge in [-0.1, -0.05) is 19.9 Å². The molecule has 1 aromatic heterocycles. The second-order valence-electron chi connectivity index (χ2n) is 7.14. The first kappa shape index (κ1) is 20.7. The van der Waals surface area contributed by atoms with E-state index in [0.717, 1.165) is 5.82 Å². The maximum absolute atomic E-state index is 12.3. The highest BCUT2D eigenvalue weighted by Crippen LogP contribution is 2.13. The highest BCUT2D eigenvalue weighted by atomic mass is 16.4. The van der Waals surface area contributed by atoms with Crippen LogP contribution in [0, 0.1) is 5.92 Å². The van der Waals surface area contributed by atoms with Gasteiger partial charge in [0.2, 0.25) is 11.8 Å². The molecule has 0 aromatic carbocycles. The van der Waals surface area contributed by atoms with Crippen molar-refractivity contribution in [3.8, 4) is 0 Å². The fourth-order valence-corrected chi connectivity index (χ4v) is 3.06. The van der Waals surface area contributed by atoms with E-state index in [-0.39, 0.29) is 24.7 Å². The van der Waals surface area contributed by atoms with Gasteiger partial charge in [-0.2, -0.15) is 0 Å². The Kier molecular flexibility index (Phi) is 7.57. The topological polar surface area (TPSA) is 103 Å². The second kappa shape index (κ2) is 9.89. The third-order valence-corrected chi connectivity index (χ3v) is 4.51. The molecule has 0 saturated carbocycles. The van der Waals surface area contributed by atoms with Gasteiger partial charge in [-0.3, -0.25) is 9.59 Å². The van der Waals surface area contributed by atoms with E-state index in [0.29, 0.717) is 32.6 Å². The minimum atomic E-state index is -1.05. The van der Waals surface area contributed by atoms with E-state index >= 15 is 0 Å². The SMILES string of the molecule is CC(C)C[C@H](NC(=O)CCC(=O)N1CCN(c2ccccn2)CC1)C(=O)O. The van der Waals surface area contributed by atoms with E-state index in [4.69, 9.17) is 0 Å². The van der Waals surface area contributed by atoms with Crippen molar-refractivity contribution in [3.05, 3.63) is 24.4 Å². The summed E-state index contributed by atoms with van der Waals surface area (Å²) in [5, 5.41) is 11.7. The van der Waals surface area contributed by atoms with Gasteiger partial charge >= 0.3 is 5.97 Å². The summed E-state index contributed by atoms with van der Waals surface area (Å²) in [6.07, 6.45) is 2.20. The molecule has 1 aromatic rings. The first-order valence-electron chi connectivity index (χ1n) is 9.32. The summed E-state index contributed by atoms with van der Waals surface area (Å²) in [6, 6.07) is 4.83. The van der Waals surface area contributed by atoms with Crippen LogP contribution in [0.4, 0.5) is 5.82 Å². The van der Waals surface area contributed by atoms with Crippen molar-refractivity contribution in [1.82, 2.24) is 15.2 Å². The number of nitrogens with zero attached hydrogens (tertiary/aromatic N) is 3. The molecule has 1 saturated heterocycles. The van der Waals surface area contributed by atoms with Crippen LogP contribution in [0.3, 0.4) is 0 Å². The van der Waals surface area contributed by atoms with Crippen LogP contribution < -0.4 is 10.2 Å². The summed E-state index contributed by atoms with van der Waals surface area (Å²) in [5.74, 6) is -0.476. The Morgan fingerprint density at radius 1 is 1.15 bits per heavy atom. The van der Waals surface area contributed by atoms with Crippen molar-refractivity contribution in [2.75, 3.05) is 31.1 Å². The van der Waals surface area contributed by atoms with Crippen molar-refractivity contribution < 1.29 is 19.5 Å². The summed E-state index contributed by atoms with van der Waals surface area (Å²) in [6.45, 7) is 6.37. The summed E-state index contributed by atoms with van der Waals surface area (Å²) in [5.41, 5.74) is 0. The number of amides is 2. The van der Waals surface area contributed by atoms with Gasteiger partial charge in [0.05, 0.1) is 0 Å². The molecule has 2 rings (SSSR count). The van der Waals surface area contributed by atoms with Crippen LogP contribution in [0.2, 0.25) is 0 Å². The Morgan fingerprint density at radius 3 is 2.41 bits per heavy atom. The molecule has 0 unspecified atom stereocenters. The smallest absolute Gasteiger partial charge is 0.326 e. The minimum absolute atomic E-state index is 0.00115. The highest BCUT2D eigenvalue weighted by Gasteiger charge is 2.24. The monoisotopic (exact) mass is 376 g/mol. The van der Waals surface area contributed by atoms with Gasteiger partial charge in [0.1, 0.15) is 11.9 Å². The quantitative estimate of drug-likeness (QED) is 0.705. The molecule has 0 bridgehead atoms. The number of aromatic nitrogens is 1. The molecule has 2 N–H and O–H groups in total. The molecular weight excluding hydrogens is 348 g/mol. The Balaban J connectivity index is 1.74. The summed E-state index contributed by atoms with van der Waals surface area (Å²) in [4.78, 5) is 43.7. The fraction of sp³-hybridized carbons (Fsp3) is 0.579. The molecule has 1 fully saturated rings. The largest absolute Gasteiger partial charge is 0.480 e. The fourth-order valence-electron chi connectivity index (χ4n) is 3.06. The first-order valence-corrected chi connectivity index (χ1v) is 9.32. The van der Waals surface area contributed by atoms with Gasteiger partial charge in [0.25, 0.3) is 0 Å². The van der Waals surface area contributed by atoms with Crippen LogP contribution in [0.25, 0.3) is 0 Å². The predicted octanol–water partition coefficient (Wildman–Crippen LogP) is 1.13. The number of hydrogen-bond donors (Lipinski definition) is 2. The molecule has 1 atom stereocenters. The van der Waals surface area contributed by atoms with Crippen LogP contribution in [-0.2, 0) is 14.4 Å². The number of hydrogen-bond acceptors (Lipinski definition) is 5. The average Bonchev–Trinajstić information content (AvgIpc) is 2.66. The van der Waals surface area contributed by atoms with E-state index in [2.05, 4.69) is 15.2 Å². The number of piperazine rings is 1. The van der Waals surface area contributed by atoms with Crippen LogP contribution in [0.5, 0.6) is 0 Å². The minimum Gasteiger partial charge on any atom is -0.480 e. The molecule has 0 spiro atoms. The molecule has 2 heterocycles. The summed E-state index contributed by atoms with van der Waals surface area (Å²) >= 11 is 0. The Morgan fingerprint density at radius 2 is 1.85 bits per heavy atom. The maximum Gasteiger partial charge on any atom is 0.326 e. The lowest BCUT2D eigenvalue weighted by molar-refractivity contribution is -0.142. The number of carbonyl (C=O) groups is 3. The lowest BCUT2D eigenvalue weighted by Gasteiger charge is -2.35. The molecule has 2 amide bonds. The van der Waals surface area contributed by atoms with Crippen molar-refractivity contribution in [2.45, 2.75) is 39.2 Å². The zero-order valence-corrected chi connectivity index (χ0v) is 15.9. The number of carbonyl (C=O) groups excluding carboxylic acids is 2. The van der Waals surface area contributed by atoms with Gasteiger partial charge in [-0.15, -0.1) is 0 Å².